The Kier molecular flexibility index (Phi) is 5.69. The molecule has 0 saturated heterocycles. The molecule has 0 nitrogen and oxygen atoms in total. The van der Waals surface area contributed by atoms with Gasteiger partial charge in [-0.05, 0) is 0 Å². The fourth-order valence-corrected chi connectivity index (χ4v) is 11.8. The standard InChI is InChI=1S/C19H15PS2Se/c21-19(16-10-4-1-5-11-16)22-20(23,17-12-6-2-7-13-17)18-14-8-3-9-15-18/h1-15H. The van der Waals surface area contributed by atoms with Gasteiger partial charge in [0.1, 0.15) is 0 Å². The van der Waals surface area contributed by atoms with Gasteiger partial charge in [-0.25, -0.2) is 0 Å². The monoisotopic (exact) mass is 418 g/mol. The van der Waals surface area contributed by atoms with Crippen molar-refractivity contribution < 1.29 is 0 Å². The van der Waals surface area contributed by atoms with Crippen LogP contribution in [0.1, 0.15) is 5.56 Å². The molecular weight excluding hydrogens is 402 g/mol. The average molecular weight is 417 g/mol. The quantitative estimate of drug-likeness (QED) is 0.341. The number of hydrogen-bond donors (Lipinski definition) is 0. The predicted octanol–water partition coefficient (Wildman–Crippen LogP) is 4.76. The summed E-state index contributed by atoms with van der Waals surface area (Å²) in [5, 5.41) is 2.63. The van der Waals surface area contributed by atoms with Crippen molar-refractivity contribution in [2.75, 3.05) is 0 Å². The van der Waals surface area contributed by atoms with Gasteiger partial charge in [-0.3, -0.25) is 0 Å². The minimum atomic E-state index is -1.75. The van der Waals surface area contributed by atoms with Crippen molar-refractivity contribution in [2.24, 2.45) is 0 Å². The second-order valence-electron chi connectivity index (χ2n) is 4.97. The molecule has 0 bridgehead atoms. The van der Waals surface area contributed by atoms with Crippen LogP contribution in [0.5, 0.6) is 0 Å². The number of benzene rings is 3. The second kappa shape index (κ2) is 7.75. The zero-order chi connectivity index (χ0) is 16.1. The Morgan fingerprint density at radius 1 is 0.696 bits per heavy atom. The molecular formula is C19H15PS2Se. The van der Waals surface area contributed by atoms with Gasteiger partial charge < -0.3 is 0 Å². The Bertz CT molecular complexity index is 790. The van der Waals surface area contributed by atoms with E-state index in [1.54, 1.807) is 11.4 Å². The summed E-state index contributed by atoms with van der Waals surface area (Å²) in [6.07, 6.45) is 0. The van der Waals surface area contributed by atoms with Gasteiger partial charge >= 0.3 is 155 Å². The van der Waals surface area contributed by atoms with E-state index in [0.717, 1.165) is 9.76 Å². The van der Waals surface area contributed by atoms with Crippen LogP contribution in [0.15, 0.2) is 91.0 Å². The van der Waals surface area contributed by atoms with Crippen molar-refractivity contribution in [1.82, 2.24) is 0 Å². The van der Waals surface area contributed by atoms with E-state index in [1.807, 2.05) is 18.2 Å². The van der Waals surface area contributed by atoms with Crippen LogP contribution >= 0.6 is 28.3 Å². The van der Waals surface area contributed by atoms with Gasteiger partial charge in [0.05, 0.1) is 0 Å². The van der Waals surface area contributed by atoms with Crippen LogP contribution in [0, 0.1) is 0 Å². The summed E-state index contributed by atoms with van der Waals surface area (Å²) in [6, 6.07) is 31.5. The molecule has 3 aromatic carbocycles. The van der Waals surface area contributed by atoms with E-state index in [4.69, 9.17) is 12.2 Å². The molecule has 3 aromatic rings. The molecule has 0 unspecified atom stereocenters. The van der Waals surface area contributed by atoms with Crippen LogP contribution < -0.4 is 10.6 Å². The zero-order valence-electron chi connectivity index (χ0n) is 12.3. The van der Waals surface area contributed by atoms with Gasteiger partial charge in [0.2, 0.25) is 0 Å². The Morgan fingerprint density at radius 2 is 1.09 bits per heavy atom. The summed E-state index contributed by atoms with van der Waals surface area (Å²) in [5.74, 6) is 0. The van der Waals surface area contributed by atoms with Crippen molar-refractivity contribution in [1.29, 1.82) is 0 Å². The first-order valence-corrected chi connectivity index (χ1v) is 13.0. The van der Waals surface area contributed by atoms with E-state index >= 15 is 0 Å². The number of rotatable bonds is 4. The summed E-state index contributed by atoms with van der Waals surface area (Å²) in [6.45, 7) is 0. The third-order valence-corrected chi connectivity index (χ3v) is 13.5. The van der Waals surface area contributed by atoms with Crippen LogP contribution in [0.25, 0.3) is 0 Å². The molecule has 4 heteroatoms. The van der Waals surface area contributed by atoms with Crippen LogP contribution in [0.4, 0.5) is 0 Å². The van der Waals surface area contributed by atoms with Gasteiger partial charge in [0.25, 0.3) is 0 Å². The van der Waals surface area contributed by atoms with Gasteiger partial charge in [-0.2, -0.15) is 0 Å². The van der Waals surface area contributed by atoms with Crippen molar-refractivity contribution in [2.45, 2.75) is 0 Å². The molecule has 0 spiro atoms. The molecule has 0 N–H and O–H groups in total. The average Bonchev–Trinajstić information content (AvgIpc) is 2.64. The molecule has 0 atom stereocenters. The van der Waals surface area contributed by atoms with Crippen LogP contribution in [0.2, 0.25) is 0 Å². The molecule has 0 aromatic heterocycles. The summed E-state index contributed by atoms with van der Waals surface area (Å²) in [7, 11) is 0. The van der Waals surface area contributed by atoms with E-state index in [0.29, 0.717) is 0 Å². The molecule has 0 amide bonds. The first-order chi connectivity index (χ1) is 11.2. The summed E-state index contributed by atoms with van der Waals surface area (Å²) >= 11 is 11.0. The molecule has 0 aliphatic carbocycles. The molecule has 0 saturated carbocycles. The summed E-state index contributed by atoms with van der Waals surface area (Å²) in [5.41, 5.74) is 1.11. The number of thiocarbonyl (C=S) groups is 1. The Labute approximate surface area is 154 Å². The van der Waals surface area contributed by atoms with E-state index in [9.17, 15) is 0 Å². The second-order valence-corrected chi connectivity index (χ2v) is 15.6. The normalized spacial score (nSPS) is 11.1. The molecule has 23 heavy (non-hydrogen) atoms. The van der Waals surface area contributed by atoms with E-state index in [1.165, 1.54) is 10.6 Å². The third-order valence-electron chi connectivity index (χ3n) is 3.41. The Morgan fingerprint density at radius 3 is 1.52 bits per heavy atom. The number of hydrogen-bond acceptors (Lipinski definition) is 2. The molecule has 0 radical (unpaired) electrons. The van der Waals surface area contributed by atoms with E-state index in [-0.39, 0.29) is 0 Å². The third kappa shape index (κ3) is 3.94. The van der Waals surface area contributed by atoms with Gasteiger partial charge in [0.15, 0.2) is 0 Å². The van der Waals surface area contributed by atoms with Gasteiger partial charge in [-0.15, -0.1) is 0 Å². The van der Waals surface area contributed by atoms with Crippen molar-refractivity contribution in [3.63, 3.8) is 0 Å². The van der Waals surface area contributed by atoms with Crippen LogP contribution in [0.3, 0.4) is 0 Å². The Balaban J connectivity index is 2.04. The molecule has 0 aliphatic heterocycles. The van der Waals surface area contributed by atoms with Crippen molar-refractivity contribution >= 4 is 58.2 Å². The van der Waals surface area contributed by atoms with Gasteiger partial charge in [0, 0.05) is 0 Å². The SMILES string of the molecule is S=C(SP(=[Se])(c1ccccc1)c1ccccc1)c1ccccc1. The van der Waals surface area contributed by atoms with Crippen molar-refractivity contribution in [3.05, 3.63) is 96.6 Å². The summed E-state index contributed by atoms with van der Waals surface area (Å²) in [4.78, 5) is 0. The molecule has 0 fully saturated rings. The van der Waals surface area contributed by atoms with Crippen LogP contribution in [-0.2, 0) is 0 Å². The minimum absolute atomic E-state index is 0.936. The zero-order valence-corrected chi connectivity index (χ0v) is 16.6. The maximum absolute atomic E-state index is 5.74. The van der Waals surface area contributed by atoms with Crippen LogP contribution in [-0.4, -0.2) is 19.3 Å². The maximum atomic E-state index is 5.74. The fourth-order valence-electron chi connectivity index (χ4n) is 2.25. The molecule has 3 rings (SSSR count). The first kappa shape index (κ1) is 16.9. The van der Waals surface area contributed by atoms with Crippen molar-refractivity contribution in [3.8, 4) is 0 Å². The topological polar surface area (TPSA) is 0 Å². The Hall–Kier alpha value is -0.951. The van der Waals surface area contributed by atoms with E-state index in [2.05, 4.69) is 87.9 Å². The fraction of sp³-hybridized carbons (Fsp3) is 0. The molecule has 114 valence electrons. The summed E-state index contributed by atoms with van der Waals surface area (Å²) < 4.78 is -0.810. The van der Waals surface area contributed by atoms with Gasteiger partial charge in [-0.1, -0.05) is 0 Å². The first-order valence-electron chi connectivity index (χ1n) is 7.20. The molecule has 0 aliphatic rings. The predicted molar refractivity (Wildman–Crippen MR) is 111 cm³/mol. The van der Waals surface area contributed by atoms with E-state index < -0.39 is 4.71 Å². The molecule has 0 heterocycles.